The van der Waals surface area contributed by atoms with Gasteiger partial charge in [-0.3, -0.25) is 9.69 Å². The molecule has 2 N–H and O–H groups in total. The number of halogens is 3. The number of sulfonamides is 1. The third-order valence-corrected chi connectivity index (χ3v) is 10.6. The predicted octanol–water partition coefficient (Wildman–Crippen LogP) is 3.55. The van der Waals surface area contributed by atoms with Gasteiger partial charge in [0.2, 0.25) is 10.0 Å². The van der Waals surface area contributed by atoms with Crippen molar-refractivity contribution in [3.8, 4) is 0 Å². The van der Waals surface area contributed by atoms with Gasteiger partial charge in [0.25, 0.3) is 5.91 Å². The van der Waals surface area contributed by atoms with Crippen molar-refractivity contribution in [2.45, 2.75) is 69.9 Å². The first-order chi connectivity index (χ1) is 19.3. The van der Waals surface area contributed by atoms with E-state index in [1.807, 2.05) is 0 Å². The van der Waals surface area contributed by atoms with Gasteiger partial charge in [0.15, 0.2) is 5.60 Å². The lowest BCUT2D eigenvalue weighted by Crippen LogP contribution is -2.65. The summed E-state index contributed by atoms with van der Waals surface area (Å²) in [6, 6.07) is 4.03. The Balaban J connectivity index is 1.81. The Morgan fingerprint density at radius 3 is 2.29 bits per heavy atom. The van der Waals surface area contributed by atoms with Gasteiger partial charge < -0.3 is 15.3 Å². The highest BCUT2D eigenvalue weighted by Gasteiger charge is 2.56. The highest BCUT2D eigenvalue weighted by atomic mass is 32.2. The van der Waals surface area contributed by atoms with Crippen LogP contribution in [0.3, 0.4) is 0 Å². The molecule has 2 aliphatic heterocycles. The first-order valence-electron chi connectivity index (χ1n) is 13.5. The quantitative estimate of drug-likeness (QED) is 0.351. The Morgan fingerprint density at radius 2 is 1.76 bits per heavy atom. The van der Waals surface area contributed by atoms with Crippen LogP contribution < -0.4 is 5.32 Å². The normalized spacial score (nSPS) is 25.3. The standard InChI is InChI=1S/C28H35F3N4O5S2/c1-18(2)35-23(36)25(3,4)34(24(35)37)17-27(20-12-10-19(11-13-20)26(5,38)28(29,30)31)16-33(15-14-32-27)42(39,40)22-9-7-6-8-21(22)41/h6-7,9-13,18,32,38H,8,14-17H2,1-5H3/t26?,27-/m1/s1. The van der Waals surface area contributed by atoms with Gasteiger partial charge in [-0.15, -0.1) is 0 Å². The fourth-order valence-electron chi connectivity index (χ4n) is 5.48. The molecule has 2 fully saturated rings. The number of imide groups is 1. The van der Waals surface area contributed by atoms with Crippen LogP contribution in [-0.2, 0) is 26.0 Å². The van der Waals surface area contributed by atoms with Crippen LogP contribution >= 0.6 is 12.2 Å². The van der Waals surface area contributed by atoms with E-state index in [1.165, 1.54) is 27.4 Å². The van der Waals surface area contributed by atoms with Crippen LogP contribution in [0, 0.1) is 0 Å². The van der Waals surface area contributed by atoms with Crippen molar-refractivity contribution in [3.05, 3.63) is 58.5 Å². The van der Waals surface area contributed by atoms with E-state index in [0.717, 1.165) is 17.0 Å². The number of allylic oxidation sites excluding steroid dienone is 4. The van der Waals surface area contributed by atoms with Crippen LogP contribution in [0.4, 0.5) is 18.0 Å². The van der Waals surface area contributed by atoms with Crippen LogP contribution in [0.5, 0.6) is 0 Å². The van der Waals surface area contributed by atoms with E-state index < -0.39 is 56.4 Å². The molecule has 1 unspecified atom stereocenters. The summed E-state index contributed by atoms with van der Waals surface area (Å²) in [7, 11) is -4.08. The average molecular weight is 629 g/mol. The molecule has 1 aliphatic carbocycles. The summed E-state index contributed by atoms with van der Waals surface area (Å²) >= 11 is 5.33. The molecule has 4 rings (SSSR count). The van der Waals surface area contributed by atoms with Crippen LogP contribution in [0.15, 0.2) is 47.4 Å². The largest absolute Gasteiger partial charge is 0.421 e. The molecule has 14 heteroatoms. The highest BCUT2D eigenvalue weighted by Crippen LogP contribution is 2.40. The molecule has 3 aliphatic rings. The van der Waals surface area contributed by atoms with Crippen molar-refractivity contribution in [2.24, 2.45) is 0 Å². The molecule has 42 heavy (non-hydrogen) atoms. The fraction of sp³-hybridized carbons (Fsp3) is 0.536. The van der Waals surface area contributed by atoms with Crippen molar-refractivity contribution in [1.29, 1.82) is 0 Å². The lowest BCUT2D eigenvalue weighted by molar-refractivity contribution is -0.258. The molecule has 0 bridgehead atoms. The van der Waals surface area contributed by atoms with E-state index in [0.29, 0.717) is 18.9 Å². The maximum atomic E-state index is 13.8. The number of piperazine rings is 1. The zero-order valence-corrected chi connectivity index (χ0v) is 25.7. The molecular formula is C28H35F3N4O5S2. The zero-order chi connectivity index (χ0) is 31.5. The number of carbonyl (C=O) groups is 2. The maximum Gasteiger partial charge on any atom is 0.421 e. The van der Waals surface area contributed by atoms with E-state index in [9.17, 15) is 36.3 Å². The van der Waals surface area contributed by atoms with Crippen LogP contribution in [0.2, 0.25) is 0 Å². The monoisotopic (exact) mass is 628 g/mol. The van der Waals surface area contributed by atoms with Crippen LogP contribution in [0.1, 0.15) is 52.2 Å². The number of thiocarbonyl (C=S) groups is 1. The Bertz CT molecular complexity index is 1450. The minimum atomic E-state index is -4.94. The molecule has 0 spiro atoms. The van der Waals surface area contributed by atoms with Crippen molar-refractivity contribution in [1.82, 2.24) is 19.4 Å². The molecule has 0 saturated carbocycles. The molecule has 230 valence electrons. The molecule has 2 heterocycles. The van der Waals surface area contributed by atoms with Crippen molar-refractivity contribution < 1.29 is 36.3 Å². The molecule has 2 saturated heterocycles. The summed E-state index contributed by atoms with van der Waals surface area (Å²) in [5.41, 5.74) is -5.77. The molecule has 9 nitrogen and oxygen atoms in total. The van der Waals surface area contributed by atoms with Crippen LogP contribution in [0.25, 0.3) is 0 Å². The van der Waals surface area contributed by atoms with Gasteiger partial charge in [-0.2, -0.15) is 17.5 Å². The van der Waals surface area contributed by atoms with Gasteiger partial charge in [-0.05, 0) is 51.8 Å². The zero-order valence-electron chi connectivity index (χ0n) is 24.0. The molecule has 2 atom stereocenters. The minimum Gasteiger partial charge on any atom is -0.376 e. The Labute approximate surface area is 249 Å². The number of hydrogen-bond donors (Lipinski definition) is 2. The van der Waals surface area contributed by atoms with Crippen molar-refractivity contribution in [2.75, 3.05) is 26.2 Å². The number of aliphatic hydroxyl groups is 1. The lowest BCUT2D eigenvalue weighted by atomic mass is 9.84. The lowest BCUT2D eigenvalue weighted by Gasteiger charge is -2.47. The average Bonchev–Trinajstić information content (AvgIpc) is 3.07. The first kappa shape index (κ1) is 32.3. The summed E-state index contributed by atoms with van der Waals surface area (Å²) in [6.45, 7) is 7.10. The summed E-state index contributed by atoms with van der Waals surface area (Å²) < 4.78 is 69.5. The molecule has 1 aromatic carbocycles. The summed E-state index contributed by atoms with van der Waals surface area (Å²) in [5.74, 6) is -0.418. The van der Waals surface area contributed by atoms with Gasteiger partial charge in [0.1, 0.15) is 5.54 Å². The molecule has 1 aromatic rings. The Hall–Kier alpha value is -2.65. The van der Waals surface area contributed by atoms with Crippen molar-refractivity contribution >= 4 is 39.0 Å². The number of urea groups is 1. The smallest absolute Gasteiger partial charge is 0.376 e. The number of carbonyl (C=O) groups excluding carboxylic acids is 2. The van der Waals surface area contributed by atoms with E-state index in [1.54, 1.807) is 39.8 Å². The second-order valence-electron chi connectivity index (χ2n) is 11.8. The van der Waals surface area contributed by atoms with Crippen molar-refractivity contribution in [3.63, 3.8) is 0 Å². The third-order valence-electron chi connectivity index (χ3n) is 8.20. The summed E-state index contributed by atoms with van der Waals surface area (Å²) in [5, 5.41) is 13.5. The summed E-state index contributed by atoms with van der Waals surface area (Å²) in [6.07, 6.45) is 0.154. The van der Waals surface area contributed by atoms with E-state index in [-0.39, 0.29) is 35.9 Å². The van der Waals surface area contributed by atoms with Gasteiger partial charge >= 0.3 is 12.2 Å². The minimum absolute atomic E-state index is 0.00823. The number of hydrogen-bond acceptors (Lipinski definition) is 7. The van der Waals surface area contributed by atoms with E-state index in [4.69, 9.17) is 12.2 Å². The third kappa shape index (κ3) is 5.32. The molecular weight excluding hydrogens is 593 g/mol. The van der Waals surface area contributed by atoms with Crippen LogP contribution in [-0.4, -0.2) is 88.4 Å². The molecule has 0 aromatic heterocycles. The number of alkyl halides is 3. The molecule has 3 amide bonds. The van der Waals surface area contributed by atoms with E-state index >= 15 is 0 Å². The topological polar surface area (TPSA) is 110 Å². The summed E-state index contributed by atoms with van der Waals surface area (Å²) in [4.78, 5) is 29.6. The van der Waals surface area contributed by atoms with E-state index in [2.05, 4.69) is 5.32 Å². The fourth-order valence-corrected chi connectivity index (χ4v) is 7.58. The van der Waals surface area contributed by atoms with Gasteiger partial charge in [-0.1, -0.05) is 48.6 Å². The van der Waals surface area contributed by atoms with Gasteiger partial charge in [0.05, 0.1) is 10.4 Å². The maximum absolute atomic E-state index is 13.8. The first-order valence-corrected chi connectivity index (χ1v) is 15.3. The predicted molar refractivity (Wildman–Crippen MR) is 155 cm³/mol. The second-order valence-corrected chi connectivity index (χ2v) is 14.2. The Kier molecular flexibility index (Phi) is 8.30. The van der Waals surface area contributed by atoms with Gasteiger partial charge in [-0.25, -0.2) is 13.2 Å². The van der Waals surface area contributed by atoms with Gasteiger partial charge in [0, 0.05) is 43.5 Å². The Morgan fingerprint density at radius 1 is 1.14 bits per heavy atom. The number of nitrogens with zero attached hydrogens (tertiary/aromatic N) is 3. The number of rotatable bonds is 7. The SMILES string of the molecule is CC(C)N1C(=O)N(C[C@@]2(c3ccc(C(C)(O)C(F)(F)F)cc3)CN(S(=O)(=O)C3=CC=CCC3=S)CCN2)C(C)(C)C1=O. The molecule has 0 radical (unpaired) electrons. The number of nitrogens with one attached hydrogen (secondary N) is 1. The highest BCUT2D eigenvalue weighted by molar-refractivity contribution is 7.96. The number of benzene rings is 1. The number of amides is 3. The second kappa shape index (κ2) is 10.8.